The molecule has 4 nitrogen and oxygen atoms in total. The molecule has 1 aromatic carbocycles. The van der Waals surface area contributed by atoms with Crippen molar-refractivity contribution in [3.05, 3.63) is 47.8 Å². The largest absolute Gasteiger partial charge is 0.382 e. The molecular formula is C16H16N4. The number of aromatic nitrogens is 3. The zero-order valence-electron chi connectivity index (χ0n) is 11.2. The number of nitrogens with zero attached hydrogens (tertiary/aromatic N) is 3. The van der Waals surface area contributed by atoms with Gasteiger partial charge in [-0.25, -0.2) is 4.68 Å². The molecular weight excluding hydrogens is 248 g/mol. The molecule has 2 N–H and O–H groups in total. The lowest BCUT2D eigenvalue weighted by Crippen LogP contribution is -2.08. The van der Waals surface area contributed by atoms with E-state index >= 15 is 0 Å². The molecule has 0 atom stereocenters. The fourth-order valence-corrected chi connectivity index (χ4v) is 3.09. The molecule has 1 aliphatic rings. The predicted octanol–water partition coefficient (Wildman–Crippen LogP) is 2.88. The quantitative estimate of drug-likeness (QED) is 0.735. The Morgan fingerprint density at radius 2 is 1.90 bits per heavy atom. The van der Waals surface area contributed by atoms with Crippen molar-refractivity contribution < 1.29 is 0 Å². The van der Waals surface area contributed by atoms with E-state index in [2.05, 4.69) is 28.3 Å². The highest BCUT2D eigenvalue weighted by Crippen LogP contribution is 2.30. The van der Waals surface area contributed by atoms with Gasteiger partial charge < -0.3 is 5.73 Å². The van der Waals surface area contributed by atoms with Gasteiger partial charge in [0.05, 0.1) is 11.2 Å². The van der Waals surface area contributed by atoms with Gasteiger partial charge in [0.2, 0.25) is 0 Å². The van der Waals surface area contributed by atoms with E-state index in [0.29, 0.717) is 5.82 Å². The van der Waals surface area contributed by atoms with E-state index in [9.17, 15) is 0 Å². The summed E-state index contributed by atoms with van der Waals surface area (Å²) in [5.41, 5.74) is 10.6. The Labute approximate surface area is 117 Å². The molecule has 20 heavy (non-hydrogen) atoms. The Hall–Kier alpha value is -2.36. The Morgan fingerprint density at radius 1 is 1.05 bits per heavy atom. The zero-order chi connectivity index (χ0) is 13.5. The Morgan fingerprint density at radius 3 is 2.85 bits per heavy atom. The summed E-state index contributed by atoms with van der Waals surface area (Å²) in [6, 6.07) is 10.2. The Balaban J connectivity index is 2.00. The van der Waals surface area contributed by atoms with E-state index in [1.807, 2.05) is 23.0 Å². The molecule has 1 aliphatic carbocycles. The minimum atomic E-state index is 0.674. The third kappa shape index (κ3) is 1.61. The second kappa shape index (κ2) is 4.34. The summed E-state index contributed by atoms with van der Waals surface area (Å²) in [4.78, 5) is 4.51. The van der Waals surface area contributed by atoms with E-state index in [1.165, 1.54) is 24.1 Å². The van der Waals surface area contributed by atoms with Crippen LogP contribution in [-0.2, 0) is 12.8 Å². The first-order valence-electron chi connectivity index (χ1n) is 7.05. The maximum atomic E-state index is 6.09. The van der Waals surface area contributed by atoms with Crippen LogP contribution < -0.4 is 5.73 Å². The Kier molecular flexibility index (Phi) is 2.49. The summed E-state index contributed by atoms with van der Waals surface area (Å²) in [5.74, 6) is 0.674. The highest BCUT2D eigenvalue weighted by atomic mass is 15.3. The van der Waals surface area contributed by atoms with Crippen LogP contribution in [0.4, 0.5) is 5.82 Å². The number of anilines is 1. The minimum Gasteiger partial charge on any atom is -0.382 e. The summed E-state index contributed by atoms with van der Waals surface area (Å²) < 4.78 is 2.00. The lowest BCUT2D eigenvalue weighted by atomic mass is 9.97. The number of nitrogen functional groups attached to an aromatic ring is 1. The van der Waals surface area contributed by atoms with Crippen molar-refractivity contribution in [1.29, 1.82) is 0 Å². The molecule has 0 aliphatic heterocycles. The molecule has 3 aromatic rings. The number of pyridine rings is 1. The molecule has 0 spiro atoms. The SMILES string of the molecule is Nc1nn(-c2cccc3cccnc23)c2c1CCCC2. The molecule has 0 fully saturated rings. The molecule has 4 heteroatoms. The van der Waals surface area contributed by atoms with Crippen molar-refractivity contribution in [3.63, 3.8) is 0 Å². The monoisotopic (exact) mass is 264 g/mol. The van der Waals surface area contributed by atoms with E-state index in [0.717, 1.165) is 29.4 Å². The summed E-state index contributed by atoms with van der Waals surface area (Å²) in [7, 11) is 0. The smallest absolute Gasteiger partial charge is 0.149 e. The number of nitrogens with two attached hydrogens (primary N) is 1. The highest BCUT2D eigenvalue weighted by Gasteiger charge is 2.21. The van der Waals surface area contributed by atoms with Crippen LogP contribution in [-0.4, -0.2) is 14.8 Å². The van der Waals surface area contributed by atoms with Crippen LogP contribution in [0.25, 0.3) is 16.6 Å². The fraction of sp³-hybridized carbons (Fsp3) is 0.250. The zero-order valence-corrected chi connectivity index (χ0v) is 11.2. The summed E-state index contributed by atoms with van der Waals surface area (Å²) in [5, 5.41) is 5.70. The molecule has 2 aromatic heterocycles. The van der Waals surface area contributed by atoms with Crippen molar-refractivity contribution in [3.8, 4) is 5.69 Å². The van der Waals surface area contributed by atoms with Crippen LogP contribution in [0.15, 0.2) is 36.5 Å². The van der Waals surface area contributed by atoms with Gasteiger partial charge in [0.25, 0.3) is 0 Å². The molecule has 4 rings (SSSR count). The first-order chi connectivity index (χ1) is 9.84. The van der Waals surface area contributed by atoms with Gasteiger partial charge in [0.1, 0.15) is 5.82 Å². The molecule has 0 bridgehead atoms. The topological polar surface area (TPSA) is 56.7 Å². The molecule has 100 valence electrons. The number of hydrogen-bond donors (Lipinski definition) is 1. The van der Waals surface area contributed by atoms with Crippen LogP contribution in [0.1, 0.15) is 24.1 Å². The highest BCUT2D eigenvalue weighted by molar-refractivity contribution is 5.86. The fourth-order valence-electron chi connectivity index (χ4n) is 3.09. The lowest BCUT2D eigenvalue weighted by Gasteiger charge is -2.14. The van der Waals surface area contributed by atoms with Crippen LogP contribution in [0, 0.1) is 0 Å². The summed E-state index contributed by atoms with van der Waals surface area (Å²) in [6.07, 6.45) is 6.32. The van der Waals surface area contributed by atoms with Gasteiger partial charge in [-0.05, 0) is 37.8 Å². The first kappa shape index (κ1) is 11.5. The average molecular weight is 264 g/mol. The number of benzene rings is 1. The third-order valence-corrected chi connectivity index (χ3v) is 4.05. The number of rotatable bonds is 1. The molecule has 0 saturated heterocycles. The van der Waals surface area contributed by atoms with Crippen molar-refractivity contribution in [1.82, 2.24) is 14.8 Å². The number of hydrogen-bond acceptors (Lipinski definition) is 3. The van der Waals surface area contributed by atoms with Crippen molar-refractivity contribution >= 4 is 16.7 Å². The van der Waals surface area contributed by atoms with Gasteiger partial charge in [-0.2, -0.15) is 5.10 Å². The second-order valence-electron chi connectivity index (χ2n) is 5.28. The second-order valence-corrected chi connectivity index (χ2v) is 5.28. The summed E-state index contributed by atoms with van der Waals surface area (Å²) in [6.45, 7) is 0. The third-order valence-electron chi connectivity index (χ3n) is 4.05. The van der Waals surface area contributed by atoms with Gasteiger partial charge >= 0.3 is 0 Å². The molecule has 0 amide bonds. The maximum Gasteiger partial charge on any atom is 0.149 e. The maximum absolute atomic E-state index is 6.09. The van der Waals surface area contributed by atoms with E-state index in [1.54, 1.807) is 0 Å². The van der Waals surface area contributed by atoms with Crippen molar-refractivity contribution in [2.45, 2.75) is 25.7 Å². The normalized spacial score (nSPS) is 14.4. The minimum absolute atomic E-state index is 0.674. The number of fused-ring (bicyclic) bond motifs is 2. The standard InChI is InChI=1S/C16H16N4/c17-16-12-7-1-2-8-13(12)20(19-16)14-9-3-5-11-6-4-10-18-15(11)14/h3-6,9-10H,1-2,7-8H2,(H2,17,19). The molecule has 0 saturated carbocycles. The molecule has 0 unspecified atom stereocenters. The average Bonchev–Trinajstić information content (AvgIpc) is 2.84. The van der Waals surface area contributed by atoms with Gasteiger partial charge in [0, 0.05) is 22.8 Å². The lowest BCUT2D eigenvalue weighted by molar-refractivity contribution is 0.654. The first-order valence-corrected chi connectivity index (χ1v) is 7.05. The predicted molar refractivity (Wildman–Crippen MR) is 79.9 cm³/mol. The van der Waals surface area contributed by atoms with E-state index in [-0.39, 0.29) is 0 Å². The van der Waals surface area contributed by atoms with E-state index < -0.39 is 0 Å². The number of para-hydroxylation sites is 1. The van der Waals surface area contributed by atoms with Crippen LogP contribution in [0.5, 0.6) is 0 Å². The van der Waals surface area contributed by atoms with Crippen molar-refractivity contribution in [2.24, 2.45) is 0 Å². The van der Waals surface area contributed by atoms with E-state index in [4.69, 9.17) is 5.73 Å². The molecule has 0 radical (unpaired) electrons. The van der Waals surface area contributed by atoms with Gasteiger partial charge in [0.15, 0.2) is 0 Å². The van der Waals surface area contributed by atoms with Gasteiger partial charge in [-0.3, -0.25) is 4.98 Å². The van der Waals surface area contributed by atoms with Gasteiger partial charge in [-0.15, -0.1) is 0 Å². The van der Waals surface area contributed by atoms with Gasteiger partial charge in [-0.1, -0.05) is 18.2 Å². The van der Waals surface area contributed by atoms with Crippen LogP contribution in [0.3, 0.4) is 0 Å². The van der Waals surface area contributed by atoms with Crippen LogP contribution >= 0.6 is 0 Å². The van der Waals surface area contributed by atoms with Crippen LogP contribution in [0.2, 0.25) is 0 Å². The molecule has 2 heterocycles. The van der Waals surface area contributed by atoms with Crippen molar-refractivity contribution in [2.75, 3.05) is 5.73 Å². The summed E-state index contributed by atoms with van der Waals surface area (Å²) >= 11 is 0. The Bertz CT molecular complexity index is 783.